The largest absolute Gasteiger partial charge is 0.493 e. The number of aryl methyl sites for hydroxylation is 2. The smallest absolute Gasteiger partial charge is 0.173 e. The summed E-state index contributed by atoms with van der Waals surface area (Å²) in [7, 11) is 0. The lowest BCUT2D eigenvalue weighted by atomic mass is 10.1. The van der Waals surface area contributed by atoms with E-state index in [0.717, 1.165) is 62.3 Å². The monoisotopic (exact) mass is 381 g/mol. The van der Waals surface area contributed by atoms with E-state index in [0.29, 0.717) is 0 Å². The molecule has 1 saturated heterocycles. The molecule has 142 valence electrons. The quantitative estimate of drug-likeness (QED) is 0.818. The molecule has 0 amide bonds. The lowest BCUT2D eigenvalue weighted by molar-refractivity contribution is 0.177. The van der Waals surface area contributed by atoms with Crippen LogP contribution in [0.3, 0.4) is 0 Å². The van der Waals surface area contributed by atoms with Gasteiger partial charge in [0.2, 0.25) is 0 Å². The van der Waals surface area contributed by atoms with Crippen LogP contribution in [0.5, 0.6) is 5.75 Å². The Bertz CT molecular complexity index is 843. The van der Waals surface area contributed by atoms with Gasteiger partial charge in [0.1, 0.15) is 5.75 Å². The number of hydrogen-bond acceptors (Lipinski definition) is 3. The number of rotatable bonds is 3. The number of benzene rings is 2. The van der Waals surface area contributed by atoms with Crippen LogP contribution in [0, 0.1) is 13.8 Å². The fourth-order valence-electron chi connectivity index (χ4n) is 3.73. The second kappa shape index (κ2) is 7.87. The van der Waals surface area contributed by atoms with E-state index in [-0.39, 0.29) is 0 Å². The highest BCUT2D eigenvalue weighted by Crippen LogP contribution is 2.26. The molecule has 0 bridgehead atoms. The maximum atomic E-state index is 5.64. The first-order chi connectivity index (χ1) is 13.1. The predicted molar refractivity (Wildman–Crippen MR) is 115 cm³/mol. The molecule has 4 nitrogen and oxygen atoms in total. The summed E-state index contributed by atoms with van der Waals surface area (Å²) in [5.74, 6) is 1.06. The van der Waals surface area contributed by atoms with Crippen molar-refractivity contribution in [2.75, 3.05) is 38.1 Å². The molecule has 0 spiro atoms. The normalized spacial score (nSPS) is 16.7. The second-order valence-corrected chi connectivity index (χ2v) is 7.92. The van der Waals surface area contributed by atoms with Crippen molar-refractivity contribution in [3.63, 3.8) is 0 Å². The molecule has 1 N–H and O–H groups in total. The summed E-state index contributed by atoms with van der Waals surface area (Å²) in [5.41, 5.74) is 6.39. The van der Waals surface area contributed by atoms with Gasteiger partial charge in [0.05, 0.1) is 6.61 Å². The highest BCUT2D eigenvalue weighted by atomic mass is 32.1. The average Bonchev–Trinajstić information content (AvgIpc) is 3.13. The molecule has 1 fully saturated rings. The lowest BCUT2D eigenvalue weighted by Crippen LogP contribution is -2.49. The van der Waals surface area contributed by atoms with Gasteiger partial charge < -0.3 is 15.0 Å². The molecular formula is C22H27N3OS. The summed E-state index contributed by atoms with van der Waals surface area (Å²) in [6, 6.07) is 13.0. The molecule has 27 heavy (non-hydrogen) atoms. The highest BCUT2D eigenvalue weighted by Gasteiger charge is 2.20. The molecule has 2 aliphatic heterocycles. The number of nitrogens with one attached hydrogen (secondary N) is 1. The number of hydrogen-bond donors (Lipinski definition) is 1. The summed E-state index contributed by atoms with van der Waals surface area (Å²) < 4.78 is 5.60. The number of ether oxygens (including phenoxy) is 1. The number of fused-ring (bicyclic) bond motifs is 1. The first kappa shape index (κ1) is 18.3. The third-order valence-electron chi connectivity index (χ3n) is 5.58. The van der Waals surface area contributed by atoms with E-state index in [4.69, 9.17) is 17.0 Å². The number of thiocarbonyl (C=S) groups is 1. The van der Waals surface area contributed by atoms with Crippen LogP contribution in [0.2, 0.25) is 0 Å². The van der Waals surface area contributed by atoms with Gasteiger partial charge >= 0.3 is 0 Å². The topological polar surface area (TPSA) is 27.7 Å². The van der Waals surface area contributed by atoms with E-state index >= 15 is 0 Å². The Morgan fingerprint density at radius 3 is 2.63 bits per heavy atom. The zero-order valence-electron chi connectivity index (χ0n) is 16.1. The Morgan fingerprint density at radius 2 is 1.85 bits per heavy atom. The zero-order valence-corrected chi connectivity index (χ0v) is 16.9. The molecule has 0 saturated carbocycles. The van der Waals surface area contributed by atoms with Gasteiger partial charge in [-0.15, -0.1) is 0 Å². The van der Waals surface area contributed by atoms with Crippen molar-refractivity contribution < 1.29 is 4.74 Å². The van der Waals surface area contributed by atoms with Gasteiger partial charge in [-0.3, -0.25) is 4.90 Å². The lowest BCUT2D eigenvalue weighted by Gasteiger charge is -2.36. The number of piperazine rings is 1. The minimum Gasteiger partial charge on any atom is -0.493 e. The van der Waals surface area contributed by atoms with Crippen LogP contribution in [-0.4, -0.2) is 47.7 Å². The standard InChI is InChI=1S/C22H27N3OS/c1-16-3-5-20(13-17(16)2)23-22(27)25-10-8-24(9-11-25)15-18-4-6-21-19(14-18)7-12-26-21/h3-6,13-14H,7-12,15H2,1-2H3,(H,23,27). The van der Waals surface area contributed by atoms with Crippen LogP contribution in [0.4, 0.5) is 5.69 Å². The van der Waals surface area contributed by atoms with Crippen molar-refractivity contribution in [2.45, 2.75) is 26.8 Å². The van der Waals surface area contributed by atoms with Gasteiger partial charge in [0.25, 0.3) is 0 Å². The Balaban J connectivity index is 1.29. The van der Waals surface area contributed by atoms with Crippen LogP contribution >= 0.6 is 12.2 Å². The molecule has 0 aliphatic carbocycles. The number of anilines is 1. The third kappa shape index (κ3) is 4.25. The minimum atomic E-state index is 0.822. The van der Waals surface area contributed by atoms with E-state index in [1.807, 2.05) is 0 Å². The summed E-state index contributed by atoms with van der Waals surface area (Å²) >= 11 is 5.64. The van der Waals surface area contributed by atoms with Crippen LogP contribution in [0.25, 0.3) is 0 Å². The van der Waals surface area contributed by atoms with Crippen molar-refractivity contribution in [1.29, 1.82) is 0 Å². The highest BCUT2D eigenvalue weighted by molar-refractivity contribution is 7.80. The van der Waals surface area contributed by atoms with Gasteiger partial charge in [0.15, 0.2) is 5.11 Å². The summed E-state index contributed by atoms with van der Waals surface area (Å²) in [6.07, 6.45) is 1.04. The predicted octanol–water partition coefficient (Wildman–Crippen LogP) is 3.75. The van der Waals surface area contributed by atoms with Gasteiger partial charge in [-0.05, 0) is 66.5 Å². The maximum absolute atomic E-state index is 5.64. The Hall–Kier alpha value is -2.11. The molecule has 2 heterocycles. The molecule has 2 aliphatic rings. The first-order valence-corrected chi connectivity index (χ1v) is 10.1. The van der Waals surface area contributed by atoms with Crippen molar-refractivity contribution >= 4 is 23.0 Å². The Morgan fingerprint density at radius 1 is 1.04 bits per heavy atom. The second-order valence-electron chi connectivity index (χ2n) is 7.53. The fraction of sp³-hybridized carbons (Fsp3) is 0.409. The van der Waals surface area contributed by atoms with Crippen LogP contribution in [-0.2, 0) is 13.0 Å². The van der Waals surface area contributed by atoms with Gasteiger partial charge in [-0.2, -0.15) is 0 Å². The molecule has 0 aromatic heterocycles. The van der Waals surface area contributed by atoms with Gasteiger partial charge in [-0.1, -0.05) is 18.2 Å². The van der Waals surface area contributed by atoms with E-state index in [2.05, 4.69) is 65.4 Å². The van der Waals surface area contributed by atoms with Gasteiger partial charge in [0, 0.05) is 44.8 Å². The van der Waals surface area contributed by atoms with E-state index < -0.39 is 0 Å². The van der Waals surface area contributed by atoms with Crippen molar-refractivity contribution in [3.8, 4) is 5.75 Å². The summed E-state index contributed by atoms with van der Waals surface area (Å²) in [4.78, 5) is 4.78. The molecule has 0 atom stereocenters. The Labute approximate surface area is 167 Å². The fourth-order valence-corrected chi connectivity index (χ4v) is 4.03. The summed E-state index contributed by atoms with van der Waals surface area (Å²) in [5, 5.41) is 4.22. The zero-order chi connectivity index (χ0) is 18.8. The average molecular weight is 382 g/mol. The Kier molecular flexibility index (Phi) is 5.32. The van der Waals surface area contributed by atoms with Gasteiger partial charge in [-0.25, -0.2) is 0 Å². The molecule has 0 radical (unpaired) electrons. The van der Waals surface area contributed by atoms with E-state index in [9.17, 15) is 0 Å². The third-order valence-corrected chi connectivity index (χ3v) is 5.94. The first-order valence-electron chi connectivity index (χ1n) is 9.68. The van der Waals surface area contributed by atoms with Crippen molar-refractivity contribution in [1.82, 2.24) is 9.80 Å². The van der Waals surface area contributed by atoms with E-state index in [1.165, 1.54) is 22.3 Å². The molecule has 2 aromatic rings. The summed E-state index contributed by atoms with van der Waals surface area (Å²) in [6.45, 7) is 10.1. The van der Waals surface area contributed by atoms with Crippen molar-refractivity contribution in [3.05, 3.63) is 58.7 Å². The SMILES string of the molecule is Cc1ccc(NC(=S)N2CCN(Cc3ccc4c(c3)CCO4)CC2)cc1C. The molecule has 2 aromatic carbocycles. The number of nitrogens with zero attached hydrogens (tertiary/aromatic N) is 2. The molecule has 0 unspecified atom stereocenters. The van der Waals surface area contributed by atoms with Crippen LogP contribution < -0.4 is 10.1 Å². The molecule has 4 rings (SSSR count). The van der Waals surface area contributed by atoms with Crippen LogP contribution in [0.1, 0.15) is 22.3 Å². The minimum absolute atomic E-state index is 0.822. The molecular weight excluding hydrogens is 354 g/mol. The maximum Gasteiger partial charge on any atom is 0.173 e. The van der Waals surface area contributed by atoms with Crippen LogP contribution in [0.15, 0.2) is 36.4 Å². The van der Waals surface area contributed by atoms with E-state index in [1.54, 1.807) is 0 Å². The molecule has 5 heteroatoms. The van der Waals surface area contributed by atoms with Crippen molar-refractivity contribution in [2.24, 2.45) is 0 Å².